The molecule has 1 aliphatic carbocycles. The summed E-state index contributed by atoms with van der Waals surface area (Å²) in [5, 5.41) is -0.342. The molecule has 1 aliphatic heterocycles. The van der Waals surface area contributed by atoms with Crippen LogP contribution in [0.25, 0.3) is 0 Å². The third kappa shape index (κ3) is 0.722. The Morgan fingerprint density at radius 3 is 3.10 bits per heavy atom. The summed E-state index contributed by atoms with van der Waals surface area (Å²) in [5.74, 6) is 0.322. The second-order valence-corrected chi connectivity index (χ2v) is 3.36. The number of carbonyl (C=O) groups is 1. The van der Waals surface area contributed by atoms with Gasteiger partial charge in [0, 0.05) is 12.5 Å². The van der Waals surface area contributed by atoms with Gasteiger partial charge in [-0.25, -0.2) is 0 Å². The maximum atomic E-state index is 11.0. The van der Waals surface area contributed by atoms with Gasteiger partial charge in [0.15, 0.2) is 5.78 Å². The zero-order valence-corrected chi connectivity index (χ0v) is 6.30. The monoisotopic (exact) mass is 160 g/mol. The average molecular weight is 161 g/mol. The van der Waals surface area contributed by atoms with Gasteiger partial charge in [0.1, 0.15) is 5.38 Å². The van der Waals surface area contributed by atoms with Gasteiger partial charge in [0.2, 0.25) is 0 Å². The van der Waals surface area contributed by atoms with Crippen LogP contribution in [0.4, 0.5) is 0 Å². The summed E-state index contributed by atoms with van der Waals surface area (Å²) in [4.78, 5) is 11.0. The molecule has 1 heterocycles. The molecule has 3 heteroatoms. The van der Waals surface area contributed by atoms with Crippen LogP contribution in [0.5, 0.6) is 0 Å². The number of Topliss-reactive ketones (excluding diaryl/α,β-unsaturated/α-hetero) is 1. The molecule has 0 radical (unpaired) electrons. The fourth-order valence-electron chi connectivity index (χ4n) is 1.64. The Morgan fingerprint density at radius 2 is 2.40 bits per heavy atom. The molecule has 1 saturated carbocycles. The number of fused-ring (bicyclic) bond motifs is 1. The zero-order valence-electron chi connectivity index (χ0n) is 5.55. The summed E-state index contributed by atoms with van der Waals surface area (Å²) in [5.41, 5.74) is 0. The van der Waals surface area contributed by atoms with E-state index in [1.165, 1.54) is 0 Å². The Morgan fingerprint density at radius 1 is 1.60 bits per heavy atom. The first kappa shape index (κ1) is 6.62. The van der Waals surface area contributed by atoms with E-state index in [1.807, 2.05) is 0 Å². The highest BCUT2D eigenvalue weighted by Crippen LogP contribution is 2.37. The minimum Gasteiger partial charge on any atom is -0.375 e. The van der Waals surface area contributed by atoms with E-state index in [4.69, 9.17) is 16.3 Å². The van der Waals surface area contributed by atoms with Crippen LogP contribution < -0.4 is 0 Å². The lowest BCUT2D eigenvalue weighted by atomic mass is 9.75. The molecule has 0 unspecified atom stereocenters. The first-order valence-electron chi connectivity index (χ1n) is 3.60. The molecular formula is C7H9ClO2. The van der Waals surface area contributed by atoms with Crippen LogP contribution in [0.1, 0.15) is 12.8 Å². The second-order valence-electron chi connectivity index (χ2n) is 2.89. The summed E-state index contributed by atoms with van der Waals surface area (Å²) in [6.07, 6.45) is 2.03. The molecule has 3 atom stereocenters. The maximum absolute atomic E-state index is 11.0. The Kier molecular flexibility index (Phi) is 1.46. The lowest BCUT2D eigenvalue weighted by Crippen LogP contribution is -2.56. The lowest BCUT2D eigenvalue weighted by molar-refractivity contribution is -0.150. The topological polar surface area (TPSA) is 26.3 Å². The SMILES string of the molecule is O=C1[C@H](Cl)[C@H]2OCCC[C@@H]12. The van der Waals surface area contributed by atoms with Crippen molar-refractivity contribution in [2.75, 3.05) is 6.61 Å². The Hall–Kier alpha value is -0.0800. The van der Waals surface area contributed by atoms with Crippen molar-refractivity contribution in [1.29, 1.82) is 0 Å². The number of halogens is 1. The highest BCUT2D eigenvalue weighted by Gasteiger charge is 2.50. The molecule has 0 aromatic rings. The number of carbonyl (C=O) groups excluding carboxylic acids is 1. The smallest absolute Gasteiger partial charge is 0.159 e. The van der Waals surface area contributed by atoms with Crippen molar-refractivity contribution < 1.29 is 9.53 Å². The van der Waals surface area contributed by atoms with Crippen LogP contribution in [0.3, 0.4) is 0 Å². The highest BCUT2D eigenvalue weighted by atomic mass is 35.5. The highest BCUT2D eigenvalue weighted by molar-refractivity contribution is 6.34. The van der Waals surface area contributed by atoms with Gasteiger partial charge in [-0.05, 0) is 12.8 Å². The van der Waals surface area contributed by atoms with E-state index in [9.17, 15) is 4.79 Å². The third-order valence-corrected chi connectivity index (χ3v) is 2.76. The van der Waals surface area contributed by atoms with Gasteiger partial charge in [-0.15, -0.1) is 11.6 Å². The van der Waals surface area contributed by atoms with Gasteiger partial charge in [0.05, 0.1) is 6.10 Å². The molecule has 0 aromatic heterocycles. The fourth-order valence-corrected chi connectivity index (χ4v) is 2.05. The van der Waals surface area contributed by atoms with Crippen molar-refractivity contribution in [2.24, 2.45) is 5.92 Å². The molecule has 0 aromatic carbocycles. The molecule has 2 aliphatic rings. The lowest BCUT2D eigenvalue weighted by Gasteiger charge is -2.42. The molecule has 1 saturated heterocycles. The van der Waals surface area contributed by atoms with E-state index in [2.05, 4.69) is 0 Å². The number of hydrogen-bond acceptors (Lipinski definition) is 2. The molecule has 2 nitrogen and oxygen atoms in total. The van der Waals surface area contributed by atoms with Crippen molar-refractivity contribution in [1.82, 2.24) is 0 Å². The van der Waals surface area contributed by atoms with E-state index >= 15 is 0 Å². The summed E-state index contributed by atoms with van der Waals surface area (Å²) in [6, 6.07) is 0. The van der Waals surface area contributed by atoms with Crippen molar-refractivity contribution in [3.63, 3.8) is 0 Å². The van der Waals surface area contributed by atoms with Crippen LogP contribution >= 0.6 is 11.6 Å². The summed E-state index contributed by atoms with van der Waals surface area (Å²) in [6.45, 7) is 0.775. The molecule has 0 spiro atoms. The van der Waals surface area contributed by atoms with Crippen molar-refractivity contribution in [2.45, 2.75) is 24.3 Å². The normalized spacial score (nSPS) is 46.1. The number of rotatable bonds is 0. The number of ether oxygens (including phenoxy) is 1. The standard InChI is InChI=1S/C7H9ClO2/c8-5-6(9)4-2-1-3-10-7(4)5/h4-5,7H,1-3H2/t4-,5-,7-/m0/s1. The quantitative estimate of drug-likeness (QED) is 0.494. The Bertz CT molecular complexity index is 169. The van der Waals surface area contributed by atoms with Crippen molar-refractivity contribution in [3.8, 4) is 0 Å². The third-order valence-electron chi connectivity index (χ3n) is 2.29. The van der Waals surface area contributed by atoms with E-state index in [-0.39, 0.29) is 23.2 Å². The van der Waals surface area contributed by atoms with Crippen LogP contribution in [0.2, 0.25) is 0 Å². The van der Waals surface area contributed by atoms with Crippen LogP contribution in [-0.4, -0.2) is 23.9 Å². The summed E-state index contributed by atoms with van der Waals surface area (Å²) < 4.78 is 5.31. The van der Waals surface area contributed by atoms with Gasteiger partial charge >= 0.3 is 0 Å². The number of ketones is 1. The Labute approximate surface area is 64.5 Å². The van der Waals surface area contributed by atoms with E-state index in [0.717, 1.165) is 19.4 Å². The van der Waals surface area contributed by atoms with Gasteiger partial charge < -0.3 is 4.74 Å². The largest absolute Gasteiger partial charge is 0.375 e. The first-order chi connectivity index (χ1) is 4.80. The van der Waals surface area contributed by atoms with Crippen molar-refractivity contribution in [3.05, 3.63) is 0 Å². The van der Waals surface area contributed by atoms with Crippen LogP contribution in [0.15, 0.2) is 0 Å². The minimum absolute atomic E-state index is 0.0444. The predicted molar refractivity (Wildman–Crippen MR) is 37.1 cm³/mol. The molecule has 0 amide bonds. The molecule has 2 rings (SSSR count). The van der Waals surface area contributed by atoms with Crippen LogP contribution in [0, 0.1) is 5.92 Å². The van der Waals surface area contributed by atoms with Gasteiger partial charge in [-0.1, -0.05) is 0 Å². The predicted octanol–water partition coefficient (Wildman–Crippen LogP) is 0.972. The fraction of sp³-hybridized carbons (Fsp3) is 0.857. The second kappa shape index (κ2) is 2.21. The van der Waals surface area contributed by atoms with E-state index in [1.54, 1.807) is 0 Å². The summed E-state index contributed by atoms with van der Waals surface area (Å²) in [7, 11) is 0. The summed E-state index contributed by atoms with van der Waals surface area (Å²) >= 11 is 5.70. The number of alkyl halides is 1. The molecule has 0 N–H and O–H groups in total. The van der Waals surface area contributed by atoms with Gasteiger partial charge in [-0.3, -0.25) is 4.79 Å². The molecule has 10 heavy (non-hydrogen) atoms. The van der Waals surface area contributed by atoms with Crippen LogP contribution in [-0.2, 0) is 9.53 Å². The van der Waals surface area contributed by atoms with Gasteiger partial charge in [-0.2, -0.15) is 0 Å². The molecule has 0 bridgehead atoms. The molecule has 2 fully saturated rings. The maximum Gasteiger partial charge on any atom is 0.159 e. The van der Waals surface area contributed by atoms with Crippen molar-refractivity contribution >= 4 is 17.4 Å². The first-order valence-corrected chi connectivity index (χ1v) is 4.04. The minimum atomic E-state index is -0.342. The van der Waals surface area contributed by atoms with E-state index < -0.39 is 0 Å². The number of hydrogen-bond donors (Lipinski definition) is 0. The molecular weight excluding hydrogens is 152 g/mol. The van der Waals surface area contributed by atoms with E-state index in [0.29, 0.717) is 0 Å². The molecule has 56 valence electrons. The van der Waals surface area contributed by atoms with Gasteiger partial charge in [0.25, 0.3) is 0 Å². The Balaban J connectivity index is 2.06. The average Bonchev–Trinajstić information content (AvgIpc) is 2.03. The zero-order chi connectivity index (χ0) is 7.14.